The molecule has 0 atom stereocenters. The number of pyridine rings is 1. The Morgan fingerprint density at radius 2 is 1.86 bits per heavy atom. The number of unbranched alkanes of at least 4 members (excludes halogenated alkanes) is 1. The molecule has 0 aliphatic heterocycles. The van der Waals surface area contributed by atoms with Gasteiger partial charge in [0.15, 0.2) is 0 Å². The Balaban J connectivity index is 2.11. The molecule has 0 saturated carbocycles. The van der Waals surface area contributed by atoms with Gasteiger partial charge >= 0.3 is 0 Å². The molecule has 1 heterocycles. The SMILES string of the molecule is CN(C)CCCCN(C)C(=O)c1ccnc2c(S)cccc12. The minimum atomic E-state index is 0.0381. The molecule has 2 rings (SSSR count). The van der Waals surface area contributed by atoms with Crippen LogP contribution in [0, 0.1) is 0 Å². The molecule has 0 N–H and O–H groups in total. The largest absolute Gasteiger partial charge is 0.342 e. The predicted octanol–water partition coefficient (Wildman–Crippen LogP) is 2.94. The molecule has 0 saturated heterocycles. The molecule has 1 aromatic heterocycles. The number of rotatable bonds is 6. The zero-order valence-corrected chi connectivity index (χ0v) is 14.3. The second-order valence-electron chi connectivity index (χ2n) is 5.77. The fourth-order valence-corrected chi connectivity index (χ4v) is 2.70. The van der Waals surface area contributed by atoms with Crippen LogP contribution < -0.4 is 0 Å². The van der Waals surface area contributed by atoms with Gasteiger partial charge in [-0.1, -0.05) is 12.1 Å². The van der Waals surface area contributed by atoms with E-state index in [1.165, 1.54) is 0 Å². The van der Waals surface area contributed by atoms with Gasteiger partial charge in [0.1, 0.15) is 0 Å². The van der Waals surface area contributed by atoms with Crippen molar-refractivity contribution in [1.29, 1.82) is 0 Å². The van der Waals surface area contributed by atoms with Crippen LogP contribution in [0.25, 0.3) is 10.9 Å². The second kappa shape index (κ2) is 7.61. The number of benzene rings is 1. The van der Waals surface area contributed by atoms with Crippen LogP contribution in [-0.4, -0.2) is 54.9 Å². The van der Waals surface area contributed by atoms with Crippen molar-refractivity contribution in [3.8, 4) is 0 Å². The molecular weight excluding hydrogens is 294 g/mol. The van der Waals surface area contributed by atoms with Crippen LogP contribution in [0.4, 0.5) is 0 Å². The maximum absolute atomic E-state index is 12.7. The van der Waals surface area contributed by atoms with Gasteiger partial charge in [0, 0.05) is 30.1 Å². The minimum Gasteiger partial charge on any atom is -0.342 e. The number of hydrogen-bond donors (Lipinski definition) is 1. The Labute approximate surface area is 137 Å². The normalized spacial score (nSPS) is 11.1. The highest BCUT2D eigenvalue weighted by Gasteiger charge is 2.15. The van der Waals surface area contributed by atoms with Crippen molar-refractivity contribution in [2.75, 3.05) is 34.2 Å². The fraction of sp³-hybridized carbons (Fsp3) is 0.412. The maximum atomic E-state index is 12.7. The van der Waals surface area contributed by atoms with Gasteiger partial charge in [0.2, 0.25) is 0 Å². The van der Waals surface area contributed by atoms with Gasteiger partial charge < -0.3 is 9.80 Å². The average Bonchev–Trinajstić information content (AvgIpc) is 2.50. The summed E-state index contributed by atoms with van der Waals surface area (Å²) in [5.74, 6) is 0.0381. The second-order valence-corrected chi connectivity index (χ2v) is 6.25. The van der Waals surface area contributed by atoms with Crippen LogP contribution >= 0.6 is 12.6 Å². The van der Waals surface area contributed by atoms with Crippen LogP contribution in [0.15, 0.2) is 35.4 Å². The van der Waals surface area contributed by atoms with Gasteiger partial charge in [0.05, 0.1) is 11.1 Å². The molecule has 118 valence electrons. The number of para-hydroxylation sites is 1. The first-order chi connectivity index (χ1) is 10.5. The fourth-order valence-electron chi connectivity index (χ4n) is 2.43. The highest BCUT2D eigenvalue weighted by Crippen LogP contribution is 2.23. The monoisotopic (exact) mass is 317 g/mol. The topological polar surface area (TPSA) is 36.4 Å². The maximum Gasteiger partial charge on any atom is 0.254 e. The highest BCUT2D eigenvalue weighted by atomic mass is 32.1. The summed E-state index contributed by atoms with van der Waals surface area (Å²) in [6.07, 6.45) is 3.76. The summed E-state index contributed by atoms with van der Waals surface area (Å²) in [7, 11) is 5.98. The summed E-state index contributed by atoms with van der Waals surface area (Å²) in [4.78, 5) is 21.7. The standard InChI is InChI=1S/C17H23N3OS/c1-19(2)11-4-5-12-20(3)17(21)14-9-10-18-16-13(14)7-6-8-15(16)22/h6-10,22H,4-5,11-12H2,1-3H3. The lowest BCUT2D eigenvalue weighted by Crippen LogP contribution is -2.28. The van der Waals surface area contributed by atoms with Gasteiger partial charge in [0.25, 0.3) is 5.91 Å². The molecule has 2 aromatic rings. The summed E-state index contributed by atoms with van der Waals surface area (Å²) in [6, 6.07) is 7.50. The summed E-state index contributed by atoms with van der Waals surface area (Å²) in [5, 5.41) is 0.861. The Morgan fingerprint density at radius 1 is 1.14 bits per heavy atom. The third-order valence-electron chi connectivity index (χ3n) is 3.68. The molecule has 0 fully saturated rings. The third-order valence-corrected chi connectivity index (χ3v) is 4.04. The number of carbonyl (C=O) groups excluding carboxylic acids is 1. The van der Waals surface area contributed by atoms with Crippen molar-refractivity contribution in [2.24, 2.45) is 0 Å². The highest BCUT2D eigenvalue weighted by molar-refractivity contribution is 7.80. The number of aromatic nitrogens is 1. The van der Waals surface area contributed by atoms with E-state index in [0.717, 1.165) is 41.7 Å². The molecule has 1 aromatic carbocycles. The first-order valence-corrected chi connectivity index (χ1v) is 7.92. The molecule has 0 unspecified atom stereocenters. The van der Waals surface area contributed by atoms with Crippen molar-refractivity contribution in [3.05, 3.63) is 36.0 Å². The van der Waals surface area contributed by atoms with Crippen LogP contribution in [0.1, 0.15) is 23.2 Å². The van der Waals surface area contributed by atoms with Gasteiger partial charge in [-0.05, 0) is 45.6 Å². The smallest absolute Gasteiger partial charge is 0.254 e. The van der Waals surface area contributed by atoms with E-state index in [1.54, 1.807) is 17.2 Å². The zero-order chi connectivity index (χ0) is 16.1. The predicted molar refractivity (Wildman–Crippen MR) is 93.7 cm³/mol. The molecular formula is C17H23N3OS. The van der Waals surface area contributed by atoms with Crippen LogP contribution in [0.2, 0.25) is 0 Å². The Bertz CT molecular complexity index is 657. The first-order valence-electron chi connectivity index (χ1n) is 7.47. The minimum absolute atomic E-state index is 0.0381. The van der Waals surface area contributed by atoms with Gasteiger partial charge in [-0.25, -0.2) is 0 Å². The Hall–Kier alpha value is -1.59. The molecule has 22 heavy (non-hydrogen) atoms. The van der Waals surface area contributed by atoms with Gasteiger partial charge in [-0.2, -0.15) is 0 Å². The Kier molecular flexibility index (Phi) is 5.80. The number of amides is 1. The molecule has 0 aliphatic carbocycles. The number of thiol groups is 1. The summed E-state index contributed by atoms with van der Waals surface area (Å²) >= 11 is 4.41. The van der Waals surface area contributed by atoms with Crippen molar-refractivity contribution in [2.45, 2.75) is 17.7 Å². The molecule has 0 aliphatic rings. The molecule has 4 nitrogen and oxygen atoms in total. The third kappa shape index (κ3) is 3.99. The Morgan fingerprint density at radius 3 is 2.59 bits per heavy atom. The molecule has 0 spiro atoms. The molecule has 0 radical (unpaired) electrons. The van der Waals surface area contributed by atoms with E-state index in [1.807, 2.05) is 25.2 Å². The van der Waals surface area contributed by atoms with Crippen molar-refractivity contribution >= 4 is 29.4 Å². The van der Waals surface area contributed by atoms with E-state index in [2.05, 4.69) is 36.6 Å². The number of carbonyl (C=O) groups is 1. The lowest BCUT2D eigenvalue weighted by Gasteiger charge is -2.19. The van der Waals surface area contributed by atoms with Crippen molar-refractivity contribution < 1.29 is 4.79 Å². The van der Waals surface area contributed by atoms with E-state index >= 15 is 0 Å². The van der Waals surface area contributed by atoms with Crippen LogP contribution in [0.3, 0.4) is 0 Å². The number of fused-ring (bicyclic) bond motifs is 1. The van der Waals surface area contributed by atoms with Crippen LogP contribution in [-0.2, 0) is 0 Å². The van der Waals surface area contributed by atoms with Gasteiger partial charge in [-0.3, -0.25) is 9.78 Å². The van der Waals surface area contributed by atoms with E-state index in [4.69, 9.17) is 0 Å². The summed E-state index contributed by atoms with van der Waals surface area (Å²) in [5.41, 5.74) is 1.47. The molecule has 0 bridgehead atoms. The number of nitrogens with zero attached hydrogens (tertiary/aromatic N) is 3. The van der Waals surface area contributed by atoms with Crippen molar-refractivity contribution in [3.63, 3.8) is 0 Å². The quantitative estimate of drug-likeness (QED) is 0.657. The van der Waals surface area contributed by atoms with Crippen LogP contribution in [0.5, 0.6) is 0 Å². The van der Waals surface area contributed by atoms with E-state index in [-0.39, 0.29) is 5.91 Å². The van der Waals surface area contributed by atoms with E-state index < -0.39 is 0 Å². The van der Waals surface area contributed by atoms with Gasteiger partial charge in [-0.15, -0.1) is 12.6 Å². The molecule has 5 heteroatoms. The first kappa shape index (κ1) is 16.8. The molecule has 1 amide bonds. The van der Waals surface area contributed by atoms with E-state index in [9.17, 15) is 4.79 Å². The van der Waals surface area contributed by atoms with E-state index in [0.29, 0.717) is 5.56 Å². The average molecular weight is 317 g/mol. The zero-order valence-electron chi connectivity index (χ0n) is 13.4. The summed E-state index contributed by atoms with van der Waals surface area (Å²) < 4.78 is 0. The number of hydrogen-bond acceptors (Lipinski definition) is 4. The van der Waals surface area contributed by atoms with Crippen molar-refractivity contribution in [1.82, 2.24) is 14.8 Å². The lowest BCUT2D eigenvalue weighted by molar-refractivity contribution is 0.0794. The summed E-state index contributed by atoms with van der Waals surface area (Å²) in [6.45, 7) is 1.81. The lowest BCUT2D eigenvalue weighted by atomic mass is 10.1.